The second-order valence-corrected chi connectivity index (χ2v) is 5.36. The van der Waals surface area contributed by atoms with E-state index in [1.54, 1.807) is 42.3 Å². The molecule has 0 spiro atoms. The van der Waals surface area contributed by atoms with E-state index in [-0.39, 0.29) is 5.91 Å². The topological polar surface area (TPSA) is 65.4 Å². The van der Waals surface area contributed by atoms with Crippen LogP contribution in [0, 0.1) is 0 Å². The second-order valence-electron chi connectivity index (χ2n) is 5.36. The van der Waals surface area contributed by atoms with Gasteiger partial charge >= 0.3 is 0 Å². The lowest BCUT2D eigenvalue weighted by Crippen LogP contribution is -2.15. The van der Waals surface area contributed by atoms with Crippen LogP contribution in [0.2, 0.25) is 0 Å². The maximum Gasteiger partial charge on any atom is 0.259 e. The summed E-state index contributed by atoms with van der Waals surface area (Å²) < 4.78 is 12.9. The quantitative estimate of drug-likeness (QED) is 0.673. The molecular weight excluding hydrogens is 318 g/mol. The fourth-order valence-electron chi connectivity index (χ4n) is 2.29. The van der Waals surface area contributed by atoms with Crippen LogP contribution < -0.4 is 14.8 Å². The van der Waals surface area contributed by atoms with Gasteiger partial charge in [-0.15, -0.1) is 0 Å². The Labute approximate surface area is 146 Å². The lowest BCUT2D eigenvalue weighted by Gasteiger charge is -2.12. The fourth-order valence-corrected chi connectivity index (χ4v) is 2.29. The number of amides is 1. The summed E-state index contributed by atoms with van der Waals surface area (Å²) in [7, 11) is 1.79. The van der Waals surface area contributed by atoms with Gasteiger partial charge in [-0.1, -0.05) is 30.3 Å². The summed E-state index contributed by atoms with van der Waals surface area (Å²) in [5.41, 5.74) is 1.10. The van der Waals surface area contributed by atoms with Crippen molar-refractivity contribution in [2.24, 2.45) is 7.05 Å². The van der Waals surface area contributed by atoms with Crippen molar-refractivity contribution in [3.05, 3.63) is 72.6 Å². The van der Waals surface area contributed by atoms with Crippen LogP contribution >= 0.6 is 0 Å². The molecule has 0 atom stereocenters. The highest BCUT2D eigenvalue weighted by Gasteiger charge is 2.13. The van der Waals surface area contributed by atoms with Crippen LogP contribution in [-0.2, 0) is 7.05 Å². The Bertz CT molecular complexity index is 831. The van der Waals surface area contributed by atoms with Crippen molar-refractivity contribution in [3.63, 3.8) is 0 Å². The van der Waals surface area contributed by atoms with Gasteiger partial charge in [0, 0.05) is 13.2 Å². The highest BCUT2D eigenvalue weighted by atomic mass is 16.5. The van der Waals surface area contributed by atoms with Gasteiger partial charge in [-0.25, -0.2) is 0 Å². The molecule has 2 aromatic carbocycles. The van der Waals surface area contributed by atoms with Crippen molar-refractivity contribution in [2.45, 2.75) is 0 Å². The lowest BCUT2D eigenvalue weighted by molar-refractivity contribution is 0.102. The molecule has 3 rings (SSSR count). The van der Waals surface area contributed by atoms with Crippen LogP contribution in [0.5, 0.6) is 11.5 Å². The van der Waals surface area contributed by atoms with Crippen molar-refractivity contribution >= 4 is 11.6 Å². The number of aromatic nitrogens is 2. The average molecular weight is 337 g/mol. The summed E-state index contributed by atoms with van der Waals surface area (Å²) >= 11 is 0. The fraction of sp³-hybridized carbons (Fsp3) is 0.158. The third kappa shape index (κ3) is 4.60. The molecule has 6 nitrogen and oxygen atoms in total. The second kappa shape index (κ2) is 8.01. The molecule has 3 aromatic rings. The molecule has 1 heterocycles. The molecule has 0 radical (unpaired) electrons. The number of nitrogens with zero attached hydrogens (tertiary/aromatic N) is 2. The molecule has 0 fully saturated rings. The Morgan fingerprint density at radius 3 is 2.52 bits per heavy atom. The van der Waals surface area contributed by atoms with E-state index in [9.17, 15) is 4.79 Å². The van der Waals surface area contributed by atoms with E-state index in [4.69, 9.17) is 9.47 Å². The van der Waals surface area contributed by atoms with Crippen molar-refractivity contribution in [1.82, 2.24) is 9.78 Å². The normalized spacial score (nSPS) is 10.3. The van der Waals surface area contributed by atoms with Crippen molar-refractivity contribution in [1.29, 1.82) is 0 Å². The zero-order chi connectivity index (χ0) is 17.5. The largest absolute Gasteiger partial charge is 0.490 e. The van der Waals surface area contributed by atoms with E-state index in [1.807, 2.05) is 36.4 Å². The molecule has 0 bridgehead atoms. The first kappa shape index (κ1) is 16.6. The number of para-hydroxylation sites is 2. The van der Waals surface area contributed by atoms with Crippen LogP contribution in [0.4, 0.5) is 5.69 Å². The smallest absolute Gasteiger partial charge is 0.259 e. The maximum atomic E-state index is 12.4. The van der Waals surface area contributed by atoms with E-state index in [0.717, 1.165) is 5.75 Å². The zero-order valence-electron chi connectivity index (χ0n) is 13.9. The molecule has 0 aliphatic carbocycles. The minimum atomic E-state index is -0.243. The Balaban J connectivity index is 1.57. The minimum absolute atomic E-state index is 0.243. The first-order valence-electron chi connectivity index (χ1n) is 7.92. The van der Waals surface area contributed by atoms with E-state index >= 15 is 0 Å². The number of rotatable bonds is 7. The number of hydrogen-bond donors (Lipinski definition) is 1. The number of carbonyl (C=O) groups is 1. The van der Waals surface area contributed by atoms with E-state index in [2.05, 4.69) is 10.4 Å². The van der Waals surface area contributed by atoms with Gasteiger partial charge in [0.1, 0.15) is 24.7 Å². The van der Waals surface area contributed by atoms with Gasteiger partial charge in [-0.3, -0.25) is 9.48 Å². The summed E-state index contributed by atoms with van der Waals surface area (Å²) in [4.78, 5) is 12.4. The van der Waals surface area contributed by atoms with Gasteiger partial charge in [0.25, 0.3) is 5.91 Å². The zero-order valence-corrected chi connectivity index (χ0v) is 13.9. The molecule has 1 aromatic heterocycles. The number of hydrogen-bond acceptors (Lipinski definition) is 4. The predicted octanol–water partition coefficient (Wildman–Crippen LogP) is 3.13. The van der Waals surface area contributed by atoms with Crippen LogP contribution in [0.25, 0.3) is 0 Å². The maximum absolute atomic E-state index is 12.4. The molecule has 6 heteroatoms. The van der Waals surface area contributed by atoms with Gasteiger partial charge in [0.05, 0.1) is 17.4 Å². The third-order valence-corrected chi connectivity index (χ3v) is 3.45. The molecule has 128 valence electrons. The van der Waals surface area contributed by atoms with Crippen LogP contribution in [-0.4, -0.2) is 28.9 Å². The minimum Gasteiger partial charge on any atom is -0.490 e. The van der Waals surface area contributed by atoms with E-state index < -0.39 is 0 Å². The number of anilines is 1. The Morgan fingerprint density at radius 1 is 1.04 bits per heavy atom. The van der Waals surface area contributed by atoms with E-state index in [0.29, 0.717) is 30.2 Å². The molecule has 1 amide bonds. The van der Waals surface area contributed by atoms with Gasteiger partial charge in [0.2, 0.25) is 0 Å². The van der Waals surface area contributed by atoms with Crippen molar-refractivity contribution < 1.29 is 14.3 Å². The highest BCUT2D eigenvalue weighted by molar-refractivity contribution is 6.06. The standard InChI is InChI=1S/C19H19N3O3/c1-22-14-15(13-20-22)21-19(23)17-9-5-6-10-18(17)25-12-11-24-16-7-3-2-4-8-16/h2-10,13-14H,11-12H2,1H3,(H,21,23). The summed E-state index contributed by atoms with van der Waals surface area (Å²) in [6, 6.07) is 16.6. The van der Waals surface area contributed by atoms with Crippen LogP contribution in [0.15, 0.2) is 67.0 Å². The summed E-state index contributed by atoms with van der Waals surface area (Å²) in [5.74, 6) is 1.06. The summed E-state index contributed by atoms with van der Waals surface area (Å²) in [6.07, 6.45) is 3.32. The highest BCUT2D eigenvalue weighted by Crippen LogP contribution is 2.19. The summed E-state index contributed by atoms with van der Waals surface area (Å²) in [6.45, 7) is 0.731. The molecule has 1 N–H and O–H groups in total. The van der Waals surface area contributed by atoms with Gasteiger partial charge in [0.15, 0.2) is 0 Å². The van der Waals surface area contributed by atoms with Gasteiger partial charge in [-0.05, 0) is 24.3 Å². The van der Waals surface area contributed by atoms with Crippen LogP contribution in [0.1, 0.15) is 10.4 Å². The summed E-state index contributed by atoms with van der Waals surface area (Å²) in [5, 5.41) is 6.83. The number of aryl methyl sites for hydroxylation is 1. The Kier molecular flexibility index (Phi) is 5.31. The van der Waals surface area contributed by atoms with Crippen LogP contribution in [0.3, 0.4) is 0 Å². The first-order chi connectivity index (χ1) is 12.2. The lowest BCUT2D eigenvalue weighted by atomic mass is 10.2. The average Bonchev–Trinajstić information content (AvgIpc) is 3.04. The van der Waals surface area contributed by atoms with Gasteiger partial charge < -0.3 is 14.8 Å². The Hall–Kier alpha value is -3.28. The molecule has 0 aliphatic rings. The monoisotopic (exact) mass is 337 g/mol. The van der Waals surface area contributed by atoms with Crippen molar-refractivity contribution in [3.8, 4) is 11.5 Å². The molecule has 0 saturated carbocycles. The molecule has 25 heavy (non-hydrogen) atoms. The first-order valence-corrected chi connectivity index (χ1v) is 7.92. The predicted molar refractivity (Wildman–Crippen MR) is 95.0 cm³/mol. The SMILES string of the molecule is Cn1cc(NC(=O)c2ccccc2OCCOc2ccccc2)cn1. The number of ether oxygens (including phenoxy) is 2. The van der Waals surface area contributed by atoms with E-state index in [1.165, 1.54) is 0 Å². The molecule has 0 saturated heterocycles. The number of carbonyl (C=O) groups excluding carboxylic acids is 1. The Morgan fingerprint density at radius 2 is 1.76 bits per heavy atom. The molecular formula is C19H19N3O3. The molecule has 0 aliphatic heterocycles. The number of nitrogens with one attached hydrogen (secondary N) is 1. The van der Waals surface area contributed by atoms with Gasteiger partial charge in [-0.2, -0.15) is 5.10 Å². The third-order valence-electron chi connectivity index (χ3n) is 3.45. The molecule has 0 unspecified atom stereocenters. The van der Waals surface area contributed by atoms with Crippen molar-refractivity contribution in [2.75, 3.05) is 18.5 Å². The number of benzene rings is 2.